The first-order chi connectivity index (χ1) is 4.79. The van der Waals surface area contributed by atoms with Gasteiger partial charge in [-0.15, -0.1) is 0 Å². The molecular weight excluding hydrogens is 130 g/mol. The number of carbonyl (C=O) groups excluding carboxylic acids is 1. The first-order valence-electron chi connectivity index (χ1n) is 3.70. The fraction of sp³-hybridized carbons (Fsp3) is 0.857. The summed E-state index contributed by atoms with van der Waals surface area (Å²) in [6, 6.07) is 0.238. The van der Waals surface area contributed by atoms with Crippen LogP contribution in [0.25, 0.3) is 0 Å². The first kappa shape index (κ1) is 7.54. The van der Waals surface area contributed by atoms with E-state index in [0.717, 1.165) is 6.42 Å². The lowest BCUT2D eigenvalue weighted by atomic mass is 9.86. The van der Waals surface area contributed by atoms with Crippen LogP contribution in [0.1, 0.15) is 19.8 Å². The van der Waals surface area contributed by atoms with E-state index in [1.807, 2.05) is 6.92 Å². The van der Waals surface area contributed by atoms with Crippen LogP contribution >= 0.6 is 0 Å². The van der Waals surface area contributed by atoms with E-state index in [0.29, 0.717) is 6.42 Å². The highest BCUT2D eigenvalue weighted by Gasteiger charge is 2.36. The van der Waals surface area contributed by atoms with Crippen LogP contribution in [-0.4, -0.2) is 23.7 Å². The molecule has 10 heavy (non-hydrogen) atoms. The Morgan fingerprint density at radius 1 is 1.70 bits per heavy atom. The highest BCUT2D eigenvalue weighted by Crippen LogP contribution is 2.20. The number of β-lactam (4-membered cyclic amide) rings is 1. The van der Waals surface area contributed by atoms with Crippen molar-refractivity contribution in [3.8, 4) is 0 Å². The average Bonchev–Trinajstić information content (AvgIpc) is 1.88. The maximum atomic E-state index is 10.8. The number of nitrogens with one attached hydrogen (secondary N) is 1. The lowest BCUT2D eigenvalue weighted by Crippen LogP contribution is -2.58. The monoisotopic (exact) mass is 143 g/mol. The molecule has 1 rings (SSSR count). The quantitative estimate of drug-likeness (QED) is 0.542. The van der Waals surface area contributed by atoms with Crippen molar-refractivity contribution >= 4 is 5.91 Å². The minimum Gasteiger partial charge on any atom is -0.396 e. The van der Waals surface area contributed by atoms with Gasteiger partial charge in [-0.25, -0.2) is 0 Å². The van der Waals surface area contributed by atoms with E-state index in [1.54, 1.807) is 0 Å². The Hall–Kier alpha value is -0.570. The predicted octanol–water partition coefficient (Wildman–Crippen LogP) is -0.107. The van der Waals surface area contributed by atoms with Gasteiger partial charge in [0.2, 0.25) is 5.91 Å². The van der Waals surface area contributed by atoms with Crippen molar-refractivity contribution in [1.82, 2.24) is 5.32 Å². The summed E-state index contributed by atoms with van der Waals surface area (Å²) in [6.07, 6.45) is 1.58. The molecule has 0 aromatic heterocycles. The van der Waals surface area contributed by atoms with Crippen LogP contribution in [0, 0.1) is 5.92 Å². The summed E-state index contributed by atoms with van der Waals surface area (Å²) in [7, 11) is 0. The fourth-order valence-corrected chi connectivity index (χ4v) is 1.36. The molecule has 0 saturated carbocycles. The van der Waals surface area contributed by atoms with Gasteiger partial charge >= 0.3 is 0 Å². The molecule has 1 aliphatic rings. The molecule has 0 bridgehead atoms. The molecule has 0 aromatic rings. The molecule has 1 heterocycles. The van der Waals surface area contributed by atoms with E-state index in [2.05, 4.69) is 5.32 Å². The molecule has 3 heteroatoms. The third-order valence-corrected chi connectivity index (χ3v) is 2.03. The SMILES string of the molecule is CC[C@H]1C(=O)N[C@H]1CCO. The van der Waals surface area contributed by atoms with Gasteiger partial charge in [0.1, 0.15) is 0 Å². The normalized spacial score (nSPS) is 31.2. The number of aliphatic hydroxyl groups excluding tert-OH is 1. The zero-order chi connectivity index (χ0) is 7.56. The Balaban J connectivity index is 2.30. The molecule has 58 valence electrons. The van der Waals surface area contributed by atoms with Gasteiger partial charge in [0.15, 0.2) is 0 Å². The van der Waals surface area contributed by atoms with Crippen LogP contribution in [0.2, 0.25) is 0 Å². The maximum Gasteiger partial charge on any atom is 0.225 e. The molecule has 0 aliphatic carbocycles. The van der Waals surface area contributed by atoms with Crippen LogP contribution in [-0.2, 0) is 4.79 Å². The van der Waals surface area contributed by atoms with Gasteiger partial charge in [0, 0.05) is 12.6 Å². The van der Waals surface area contributed by atoms with Gasteiger partial charge in [0.25, 0.3) is 0 Å². The fourth-order valence-electron chi connectivity index (χ4n) is 1.36. The number of rotatable bonds is 3. The summed E-state index contributed by atoms with van der Waals surface area (Å²) >= 11 is 0. The number of carbonyl (C=O) groups is 1. The number of aliphatic hydroxyl groups is 1. The van der Waals surface area contributed by atoms with E-state index >= 15 is 0 Å². The Labute approximate surface area is 60.4 Å². The van der Waals surface area contributed by atoms with Crippen molar-refractivity contribution in [1.29, 1.82) is 0 Å². The van der Waals surface area contributed by atoms with E-state index in [4.69, 9.17) is 5.11 Å². The molecule has 2 N–H and O–H groups in total. The molecule has 1 saturated heterocycles. The van der Waals surface area contributed by atoms with Gasteiger partial charge in [-0.3, -0.25) is 4.79 Å². The van der Waals surface area contributed by atoms with Crippen LogP contribution in [0.15, 0.2) is 0 Å². The van der Waals surface area contributed by atoms with Crippen molar-refractivity contribution in [3.63, 3.8) is 0 Å². The van der Waals surface area contributed by atoms with Crippen molar-refractivity contribution < 1.29 is 9.90 Å². The first-order valence-corrected chi connectivity index (χ1v) is 3.70. The molecule has 1 amide bonds. The zero-order valence-electron chi connectivity index (χ0n) is 6.13. The molecule has 0 radical (unpaired) electrons. The van der Waals surface area contributed by atoms with Crippen LogP contribution in [0.5, 0.6) is 0 Å². The molecule has 0 aromatic carbocycles. The topological polar surface area (TPSA) is 49.3 Å². The van der Waals surface area contributed by atoms with Crippen molar-refractivity contribution in [2.75, 3.05) is 6.61 Å². The summed E-state index contributed by atoms with van der Waals surface area (Å²) < 4.78 is 0. The van der Waals surface area contributed by atoms with Crippen molar-refractivity contribution in [2.45, 2.75) is 25.8 Å². The summed E-state index contributed by atoms with van der Waals surface area (Å²) in [5.41, 5.74) is 0. The Morgan fingerprint density at radius 2 is 2.40 bits per heavy atom. The second-order valence-electron chi connectivity index (χ2n) is 2.64. The van der Waals surface area contributed by atoms with Gasteiger partial charge in [-0.1, -0.05) is 6.92 Å². The minimum absolute atomic E-state index is 0.140. The number of amides is 1. The summed E-state index contributed by atoms with van der Waals surface area (Å²) in [6.45, 7) is 2.16. The summed E-state index contributed by atoms with van der Waals surface area (Å²) in [5, 5.41) is 11.3. The van der Waals surface area contributed by atoms with Gasteiger partial charge in [0.05, 0.1) is 5.92 Å². The predicted molar refractivity (Wildman–Crippen MR) is 37.4 cm³/mol. The lowest BCUT2D eigenvalue weighted by molar-refractivity contribution is -0.135. The van der Waals surface area contributed by atoms with Crippen molar-refractivity contribution in [3.05, 3.63) is 0 Å². The average molecular weight is 143 g/mol. The standard InChI is InChI=1S/C7H13NO2/c1-2-5-6(3-4-9)8-7(5)10/h5-6,9H,2-4H2,1H3,(H,8,10)/t5-,6+/m1/s1. The van der Waals surface area contributed by atoms with E-state index < -0.39 is 0 Å². The van der Waals surface area contributed by atoms with E-state index in [9.17, 15) is 4.79 Å². The summed E-state index contributed by atoms with van der Waals surface area (Å²) in [5.74, 6) is 0.299. The van der Waals surface area contributed by atoms with Crippen molar-refractivity contribution in [2.24, 2.45) is 5.92 Å². The van der Waals surface area contributed by atoms with Crippen LogP contribution < -0.4 is 5.32 Å². The second-order valence-corrected chi connectivity index (χ2v) is 2.64. The van der Waals surface area contributed by atoms with Gasteiger partial charge in [-0.05, 0) is 12.8 Å². The summed E-state index contributed by atoms with van der Waals surface area (Å²) in [4.78, 5) is 10.8. The molecule has 1 aliphatic heterocycles. The molecule has 1 fully saturated rings. The zero-order valence-corrected chi connectivity index (χ0v) is 6.13. The van der Waals surface area contributed by atoms with Gasteiger partial charge < -0.3 is 10.4 Å². The number of hydrogen-bond donors (Lipinski definition) is 2. The minimum atomic E-state index is 0.140. The van der Waals surface area contributed by atoms with E-state index in [-0.39, 0.29) is 24.5 Å². The highest BCUT2D eigenvalue weighted by molar-refractivity contribution is 5.85. The Morgan fingerprint density at radius 3 is 2.80 bits per heavy atom. The third-order valence-electron chi connectivity index (χ3n) is 2.03. The number of hydrogen-bond acceptors (Lipinski definition) is 2. The van der Waals surface area contributed by atoms with E-state index in [1.165, 1.54) is 0 Å². The second kappa shape index (κ2) is 3.01. The molecular formula is C7H13NO2. The smallest absolute Gasteiger partial charge is 0.225 e. The lowest BCUT2D eigenvalue weighted by Gasteiger charge is -2.35. The van der Waals surface area contributed by atoms with Crippen LogP contribution in [0.4, 0.5) is 0 Å². The largest absolute Gasteiger partial charge is 0.396 e. The third kappa shape index (κ3) is 1.14. The van der Waals surface area contributed by atoms with Crippen LogP contribution in [0.3, 0.4) is 0 Å². The Bertz CT molecular complexity index is 136. The highest BCUT2D eigenvalue weighted by atomic mass is 16.3. The molecule has 2 atom stereocenters. The Kier molecular flexibility index (Phi) is 2.27. The molecule has 3 nitrogen and oxygen atoms in total. The van der Waals surface area contributed by atoms with Gasteiger partial charge in [-0.2, -0.15) is 0 Å². The molecule has 0 unspecified atom stereocenters. The maximum absolute atomic E-state index is 10.8. The molecule has 0 spiro atoms.